The Morgan fingerprint density at radius 1 is 1.19 bits per heavy atom. The number of carbonyl (C=O) groups is 1. The van der Waals surface area contributed by atoms with Crippen LogP contribution in [0.1, 0.15) is 67.1 Å². The van der Waals surface area contributed by atoms with Crippen LogP contribution in [0, 0.1) is 0 Å². The third kappa shape index (κ3) is 5.00. The molecule has 2 aromatic rings. The minimum atomic E-state index is -0.250. The molecule has 2 aliphatic rings. The van der Waals surface area contributed by atoms with Gasteiger partial charge in [0.2, 0.25) is 0 Å². The van der Waals surface area contributed by atoms with Crippen molar-refractivity contribution >= 4 is 11.6 Å². The number of aliphatic hydroxyl groups excluding tert-OH is 1. The molecular formula is C29H39N3O4. The number of amides is 1. The molecule has 1 amide bonds. The van der Waals surface area contributed by atoms with Crippen LogP contribution in [0.2, 0.25) is 0 Å². The molecule has 1 N–H and O–H groups in total. The van der Waals surface area contributed by atoms with Crippen LogP contribution in [0.4, 0.5) is 0 Å². The number of carbonyl (C=O) groups excluding carboxylic acids is 1. The predicted octanol–water partition coefficient (Wildman–Crippen LogP) is 3.96. The number of ether oxygens (including phenoxy) is 2. The predicted molar refractivity (Wildman–Crippen MR) is 143 cm³/mol. The monoisotopic (exact) mass is 493 g/mol. The lowest BCUT2D eigenvalue weighted by Crippen LogP contribution is -2.45. The van der Waals surface area contributed by atoms with E-state index in [1.807, 2.05) is 58.0 Å². The second-order valence-electron chi connectivity index (χ2n) is 10.1. The number of hydrogen-bond donors (Lipinski definition) is 1. The average Bonchev–Trinajstić information content (AvgIpc) is 2.88. The molecule has 1 saturated heterocycles. The van der Waals surface area contributed by atoms with Crippen molar-refractivity contribution in [1.82, 2.24) is 9.80 Å². The zero-order chi connectivity index (χ0) is 26.0. The molecule has 194 valence electrons. The zero-order valence-electron chi connectivity index (χ0n) is 22.3. The number of fused-ring (bicyclic) bond motifs is 3. The lowest BCUT2D eigenvalue weighted by molar-refractivity contribution is 0.0539. The summed E-state index contributed by atoms with van der Waals surface area (Å²) in [4.78, 5) is 22.6. The van der Waals surface area contributed by atoms with Crippen LogP contribution in [-0.2, 0) is 0 Å². The summed E-state index contributed by atoms with van der Waals surface area (Å²) >= 11 is 0. The van der Waals surface area contributed by atoms with Gasteiger partial charge in [-0.25, -0.2) is 0 Å². The molecule has 2 aromatic carbocycles. The molecule has 0 saturated carbocycles. The van der Waals surface area contributed by atoms with Gasteiger partial charge in [-0.1, -0.05) is 12.1 Å². The molecule has 2 heterocycles. The van der Waals surface area contributed by atoms with Gasteiger partial charge in [0.05, 0.1) is 38.1 Å². The Balaban J connectivity index is 1.74. The van der Waals surface area contributed by atoms with Crippen LogP contribution >= 0.6 is 0 Å². The maximum absolute atomic E-state index is 13.2. The van der Waals surface area contributed by atoms with Gasteiger partial charge in [-0.15, -0.1) is 0 Å². The van der Waals surface area contributed by atoms with Gasteiger partial charge in [0.1, 0.15) is 0 Å². The van der Waals surface area contributed by atoms with Gasteiger partial charge in [-0.3, -0.25) is 9.79 Å². The van der Waals surface area contributed by atoms with Gasteiger partial charge in [-0.05, 0) is 77.5 Å². The molecule has 0 unspecified atom stereocenters. The van der Waals surface area contributed by atoms with Crippen LogP contribution < -0.4 is 9.47 Å². The van der Waals surface area contributed by atoms with E-state index in [-0.39, 0.29) is 30.6 Å². The molecule has 0 bridgehead atoms. The summed E-state index contributed by atoms with van der Waals surface area (Å²) in [5, 5.41) is 9.63. The van der Waals surface area contributed by atoms with Gasteiger partial charge >= 0.3 is 0 Å². The number of aliphatic imine (C=N–C) groups is 1. The standard InChI is InChI=1S/C29H39N3O4/c1-7-36-27-14-22-23(15-26(27)35-6)28(30-25-12-13-31(5)16-24(22)25)20-8-10-21(11-9-20)29(34)32(18(2)3)19(4)17-33/h8-11,14-15,18-19,24-25,33H,7,12-13,16-17H2,1-6H3/t19-,24+,25+/m0/s1. The fourth-order valence-corrected chi connectivity index (χ4v) is 5.49. The number of nitrogens with zero attached hydrogens (tertiary/aromatic N) is 3. The van der Waals surface area contributed by atoms with Crippen molar-refractivity contribution in [2.75, 3.05) is 40.5 Å². The normalized spacial score (nSPS) is 20.3. The van der Waals surface area contributed by atoms with Gasteiger partial charge in [0, 0.05) is 35.2 Å². The van der Waals surface area contributed by atoms with E-state index in [0.717, 1.165) is 42.1 Å². The molecule has 1 fully saturated rings. The highest BCUT2D eigenvalue weighted by Gasteiger charge is 2.36. The number of methoxy groups -OCH3 is 1. The fourth-order valence-electron chi connectivity index (χ4n) is 5.49. The highest BCUT2D eigenvalue weighted by atomic mass is 16.5. The van der Waals surface area contributed by atoms with E-state index in [4.69, 9.17) is 14.5 Å². The summed E-state index contributed by atoms with van der Waals surface area (Å²) in [6.45, 7) is 10.2. The van der Waals surface area contributed by atoms with Gasteiger partial charge < -0.3 is 24.4 Å². The fraction of sp³-hybridized carbons (Fsp3) is 0.517. The molecule has 7 heteroatoms. The summed E-state index contributed by atoms with van der Waals surface area (Å²) < 4.78 is 11.6. The third-order valence-corrected chi connectivity index (χ3v) is 7.30. The lowest BCUT2D eigenvalue weighted by atomic mass is 9.79. The zero-order valence-corrected chi connectivity index (χ0v) is 22.3. The van der Waals surface area contributed by atoms with Gasteiger partial charge in [0.15, 0.2) is 11.5 Å². The summed E-state index contributed by atoms with van der Waals surface area (Å²) in [5.41, 5.74) is 4.81. The molecule has 36 heavy (non-hydrogen) atoms. The first-order valence-electron chi connectivity index (χ1n) is 12.9. The van der Waals surface area contributed by atoms with Crippen molar-refractivity contribution in [2.45, 2.75) is 58.2 Å². The van der Waals surface area contributed by atoms with Crippen molar-refractivity contribution < 1.29 is 19.4 Å². The molecule has 3 atom stereocenters. The number of hydrogen-bond acceptors (Lipinski definition) is 6. The van der Waals surface area contributed by atoms with E-state index in [1.54, 1.807) is 12.0 Å². The molecule has 2 aliphatic heterocycles. The molecule has 0 spiro atoms. The van der Waals surface area contributed by atoms with E-state index >= 15 is 0 Å². The number of benzene rings is 2. The van der Waals surface area contributed by atoms with Crippen molar-refractivity contribution in [3.63, 3.8) is 0 Å². The third-order valence-electron chi connectivity index (χ3n) is 7.30. The molecule has 7 nitrogen and oxygen atoms in total. The first-order chi connectivity index (χ1) is 17.3. The van der Waals surface area contributed by atoms with Crippen LogP contribution in [0.15, 0.2) is 41.4 Å². The quantitative estimate of drug-likeness (QED) is 0.603. The van der Waals surface area contributed by atoms with Crippen molar-refractivity contribution in [2.24, 2.45) is 4.99 Å². The van der Waals surface area contributed by atoms with Gasteiger partial charge in [-0.2, -0.15) is 0 Å². The Morgan fingerprint density at radius 3 is 2.53 bits per heavy atom. The first kappa shape index (κ1) is 26.2. The first-order valence-corrected chi connectivity index (χ1v) is 12.9. The second-order valence-corrected chi connectivity index (χ2v) is 10.1. The second kappa shape index (κ2) is 11.0. The van der Waals surface area contributed by atoms with Crippen LogP contribution in [0.3, 0.4) is 0 Å². The number of aliphatic hydroxyl groups is 1. The Bertz CT molecular complexity index is 1110. The summed E-state index contributed by atoms with van der Waals surface area (Å²) in [6.07, 6.45) is 0.999. The van der Waals surface area contributed by atoms with Crippen molar-refractivity contribution in [3.05, 3.63) is 58.7 Å². The number of likely N-dealkylation sites (N-methyl/N-ethyl adjacent to an activating group) is 1. The minimum Gasteiger partial charge on any atom is -0.493 e. The Labute approximate surface area is 214 Å². The topological polar surface area (TPSA) is 74.6 Å². The van der Waals surface area contributed by atoms with Gasteiger partial charge in [0.25, 0.3) is 5.91 Å². The Hall–Kier alpha value is -2.90. The number of piperidine rings is 1. The smallest absolute Gasteiger partial charge is 0.254 e. The largest absolute Gasteiger partial charge is 0.493 e. The van der Waals surface area contributed by atoms with Crippen LogP contribution in [0.25, 0.3) is 0 Å². The summed E-state index contributed by atoms with van der Waals surface area (Å²) in [5.74, 6) is 1.68. The number of rotatable bonds is 8. The average molecular weight is 494 g/mol. The SMILES string of the molecule is CCOc1cc2c(cc1OC)C(c1ccc(C(=O)N(C(C)C)[C@@H](C)CO)cc1)=N[C@@H]1CCN(C)C[C@H]21. The number of likely N-dealkylation sites (tertiary alicyclic amines) is 1. The molecule has 4 rings (SSSR count). The van der Waals surface area contributed by atoms with E-state index in [9.17, 15) is 9.90 Å². The maximum Gasteiger partial charge on any atom is 0.254 e. The highest BCUT2D eigenvalue weighted by molar-refractivity contribution is 6.15. The minimum absolute atomic E-state index is 0.0118. The van der Waals surface area contributed by atoms with Crippen molar-refractivity contribution in [1.29, 1.82) is 0 Å². The maximum atomic E-state index is 13.2. The Kier molecular flexibility index (Phi) is 8.00. The summed E-state index contributed by atoms with van der Waals surface area (Å²) in [6, 6.07) is 11.8. The lowest BCUT2D eigenvalue weighted by Gasteiger charge is -2.39. The Morgan fingerprint density at radius 2 is 1.92 bits per heavy atom. The van der Waals surface area contributed by atoms with E-state index < -0.39 is 0 Å². The molecule has 0 aliphatic carbocycles. The van der Waals surface area contributed by atoms with E-state index in [0.29, 0.717) is 23.8 Å². The van der Waals surface area contributed by atoms with Crippen LogP contribution in [0.5, 0.6) is 11.5 Å². The molecule has 0 aromatic heterocycles. The van der Waals surface area contributed by atoms with E-state index in [2.05, 4.69) is 18.0 Å². The molecular weight excluding hydrogens is 454 g/mol. The van der Waals surface area contributed by atoms with Crippen LogP contribution in [-0.4, -0.2) is 85.1 Å². The van der Waals surface area contributed by atoms with E-state index in [1.165, 1.54) is 5.56 Å². The van der Waals surface area contributed by atoms with Crippen molar-refractivity contribution in [3.8, 4) is 11.5 Å². The highest BCUT2D eigenvalue weighted by Crippen LogP contribution is 2.42. The summed E-state index contributed by atoms with van der Waals surface area (Å²) in [7, 11) is 3.82. The molecule has 0 radical (unpaired) electrons.